The van der Waals surface area contributed by atoms with Gasteiger partial charge in [0.2, 0.25) is 12.0 Å². The van der Waals surface area contributed by atoms with Crippen LogP contribution in [-0.4, -0.2) is 53.5 Å². The Morgan fingerprint density at radius 2 is 1.63 bits per heavy atom. The predicted octanol–water partition coefficient (Wildman–Crippen LogP) is 1.68. The van der Waals surface area contributed by atoms with Crippen LogP contribution in [0.1, 0.15) is 13.8 Å². The summed E-state index contributed by atoms with van der Waals surface area (Å²) in [6.45, 7) is 1.91. The van der Waals surface area contributed by atoms with Crippen molar-refractivity contribution >= 4 is 29.2 Å². The molecule has 2 heterocycles. The van der Waals surface area contributed by atoms with Crippen LogP contribution in [0.25, 0.3) is 11.3 Å². The summed E-state index contributed by atoms with van der Waals surface area (Å²) in [6, 6.07) is 9.10. The van der Waals surface area contributed by atoms with Crippen LogP contribution in [-0.2, 0) is 30.5 Å². The van der Waals surface area contributed by atoms with Gasteiger partial charge in [0.15, 0.2) is 0 Å². The van der Waals surface area contributed by atoms with Crippen molar-refractivity contribution in [3.05, 3.63) is 52.8 Å². The number of imide groups is 1. The number of pyridine rings is 1. The van der Waals surface area contributed by atoms with Crippen LogP contribution in [0.2, 0.25) is 0 Å². The van der Waals surface area contributed by atoms with Crippen LogP contribution in [0.5, 0.6) is 0 Å². The van der Waals surface area contributed by atoms with Gasteiger partial charge in [0.05, 0.1) is 11.7 Å². The SMILES string of the molecule is COC1C(=O)N(c2ccc(-c3ccccc3)n(CC(=O)NC(C(=O)C(F)(F)F)C(C)C)c2=O)C1=O. The van der Waals surface area contributed by atoms with Gasteiger partial charge in [-0.3, -0.25) is 28.5 Å². The zero-order chi connectivity index (χ0) is 26.1. The number of Topliss-reactive ketones (excluding diaryl/α,β-unsaturated/α-hetero) is 1. The fourth-order valence-electron chi connectivity index (χ4n) is 3.65. The molecule has 0 spiro atoms. The number of ketones is 1. The van der Waals surface area contributed by atoms with Crippen LogP contribution in [0.15, 0.2) is 47.3 Å². The van der Waals surface area contributed by atoms with Crippen LogP contribution in [0.4, 0.5) is 18.9 Å². The molecule has 1 N–H and O–H groups in total. The maximum Gasteiger partial charge on any atom is 0.452 e. The van der Waals surface area contributed by atoms with Crippen molar-refractivity contribution in [3.63, 3.8) is 0 Å². The molecule has 12 heteroatoms. The topological polar surface area (TPSA) is 115 Å². The second kappa shape index (κ2) is 9.82. The van der Waals surface area contributed by atoms with Gasteiger partial charge in [0.1, 0.15) is 12.2 Å². The Bertz CT molecular complexity index is 1210. The second-order valence-electron chi connectivity index (χ2n) is 8.14. The lowest BCUT2D eigenvalue weighted by Crippen LogP contribution is -2.64. The Kier molecular flexibility index (Phi) is 7.25. The monoisotopic (exact) mass is 493 g/mol. The van der Waals surface area contributed by atoms with E-state index in [1.807, 2.05) is 0 Å². The molecule has 1 aromatic carbocycles. The number of carbonyl (C=O) groups is 4. The van der Waals surface area contributed by atoms with E-state index in [1.165, 1.54) is 26.0 Å². The maximum atomic E-state index is 13.3. The van der Waals surface area contributed by atoms with E-state index in [1.54, 1.807) is 30.3 Å². The molecule has 9 nitrogen and oxygen atoms in total. The van der Waals surface area contributed by atoms with Gasteiger partial charge in [-0.15, -0.1) is 0 Å². The molecule has 1 fully saturated rings. The summed E-state index contributed by atoms with van der Waals surface area (Å²) in [5, 5.41) is 2.05. The molecule has 1 aliphatic heterocycles. The highest BCUT2D eigenvalue weighted by Gasteiger charge is 2.49. The number of alkyl halides is 3. The largest absolute Gasteiger partial charge is 0.452 e. The summed E-state index contributed by atoms with van der Waals surface area (Å²) in [7, 11) is 1.16. The number of rotatable bonds is 8. The van der Waals surface area contributed by atoms with E-state index >= 15 is 0 Å². The average molecular weight is 493 g/mol. The van der Waals surface area contributed by atoms with Gasteiger partial charge in [-0.1, -0.05) is 44.2 Å². The first-order valence-corrected chi connectivity index (χ1v) is 10.5. The third-order valence-corrected chi connectivity index (χ3v) is 5.44. The summed E-state index contributed by atoms with van der Waals surface area (Å²) in [5.41, 5.74) is -0.540. The highest BCUT2D eigenvalue weighted by Crippen LogP contribution is 2.26. The number of nitrogens with one attached hydrogen (secondary N) is 1. The van der Waals surface area contributed by atoms with Crippen molar-refractivity contribution in [2.45, 2.75) is 38.7 Å². The third kappa shape index (κ3) is 5.02. The second-order valence-corrected chi connectivity index (χ2v) is 8.14. The number of β-lactam (4-membered cyclic amide) rings is 2. The molecule has 0 aliphatic carbocycles. The van der Waals surface area contributed by atoms with E-state index in [-0.39, 0.29) is 11.4 Å². The van der Waals surface area contributed by atoms with Gasteiger partial charge in [0.25, 0.3) is 23.2 Å². The maximum absolute atomic E-state index is 13.3. The zero-order valence-corrected chi connectivity index (χ0v) is 19.0. The molecular formula is C23H22F3N3O6. The number of anilines is 1. The normalized spacial score (nSPS) is 15.2. The van der Waals surface area contributed by atoms with E-state index in [4.69, 9.17) is 4.74 Å². The molecule has 0 saturated carbocycles. The Morgan fingerprint density at radius 1 is 1.03 bits per heavy atom. The Balaban J connectivity index is 2.01. The van der Waals surface area contributed by atoms with Crippen LogP contribution in [0, 0.1) is 5.92 Å². The van der Waals surface area contributed by atoms with E-state index in [0.29, 0.717) is 10.5 Å². The molecule has 1 saturated heterocycles. The van der Waals surface area contributed by atoms with Crippen LogP contribution < -0.4 is 15.8 Å². The van der Waals surface area contributed by atoms with Crippen molar-refractivity contribution in [3.8, 4) is 11.3 Å². The fraction of sp³-hybridized carbons (Fsp3) is 0.348. The standard InChI is InChI=1S/C23H22F3N3O6/c1-12(2)17(19(31)23(24,25)26)27-16(30)11-28-14(13-7-5-4-6-8-13)9-10-15(20(28)32)29-21(33)18(35-3)22(29)34/h4-10,12,17-18H,11H2,1-3H3,(H,27,30). The highest BCUT2D eigenvalue weighted by molar-refractivity contribution is 6.35. The average Bonchev–Trinajstić information content (AvgIpc) is 2.80. The molecule has 1 aromatic heterocycles. The van der Waals surface area contributed by atoms with Crippen LogP contribution >= 0.6 is 0 Å². The molecule has 0 radical (unpaired) electrons. The highest BCUT2D eigenvalue weighted by atomic mass is 19.4. The molecule has 2 aromatic rings. The summed E-state index contributed by atoms with van der Waals surface area (Å²) in [6.07, 6.45) is -6.51. The van der Waals surface area contributed by atoms with Crippen LogP contribution in [0.3, 0.4) is 0 Å². The molecule has 35 heavy (non-hydrogen) atoms. The van der Waals surface area contributed by atoms with E-state index in [0.717, 1.165) is 11.7 Å². The van der Waals surface area contributed by atoms with E-state index in [2.05, 4.69) is 5.32 Å². The number of halogens is 3. The molecule has 1 atom stereocenters. The summed E-state index contributed by atoms with van der Waals surface area (Å²) in [5.74, 6) is -5.57. The minimum atomic E-state index is -5.16. The Labute approximate surface area is 197 Å². The molecule has 3 amide bonds. The molecular weight excluding hydrogens is 471 g/mol. The molecule has 3 rings (SSSR count). The van der Waals surface area contributed by atoms with Gasteiger partial charge < -0.3 is 10.1 Å². The van der Waals surface area contributed by atoms with Gasteiger partial charge >= 0.3 is 6.18 Å². The van der Waals surface area contributed by atoms with Crippen molar-refractivity contribution < 1.29 is 37.1 Å². The lowest BCUT2D eigenvalue weighted by molar-refractivity contribution is -0.174. The molecule has 1 aliphatic rings. The first kappa shape index (κ1) is 25.8. The number of aromatic nitrogens is 1. The number of hydrogen-bond acceptors (Lipinski definition) is 6. The number of carbonyl (C=O) groups excluding carboxylic acids is 4. The van der Waals surface area contributed by atoms with E-state index < -0.39 is 59.8 Å². The third-order valence-electron chi connectivity index (χ3n) is 5.44. The molecule has 1 unspecified atom stereocenters. The summed E-state index contributed by atoms with van der Waals surface area (Å²) >= 11 is 0. The summed E-state index contributed by atoms with van der Waals surface area (Å²) in [4.78, 5) is 62.9. The van der Waals surface area contributed by atoms with Gasteiger partial charge in [-0.2, -0.15) is 13.2 Å². The number of methoxy groups -OCH3 is 1. The quantitative estimate of drug-likeness (QED) is 0.442. The number of nitrogens with zero attached hydrogens (tertiary/aromatic N) is 2. The predicted molar refractivity (Wildman–Crippen MR) is 117 cm³/mol. The summed E-state index contributed by atoms with van der Waals surface area (Å²) < 4.78 is 44.6. The number of amides is 3. The van der Waals surface area contributed by atoms with Gasteiger partial charge in [-0.05, 0) is 23.6 Å². The van der Waals surface area contributed by atoms with E-state index in [9.17, 15) is 37.1 Å². The van der Waals surface area contributed by atoms with Gasteiger partial charge in [0, 0.05) is 7.11 Å². The Hall–Kier alpha value is -3.80. The van der Waals surface area contributed by atoms with Crippen molar-refractivity contribution in [2.75, 3.05) is 12.0 Å². The lowest BCUT2D eigenvalue weighted by atomic mass is 9.99. The lowest BCUT2D eigenvalue weighted by Gasteiger charge is -2.34. The number of benzene rings is 1. The first-order valence-electron chi connectivity index (χ1n) is 10.5. The fourth-order valence-corrected chi connectivity index (χ4v) is 3.65. The van der Waals surface area contributed by atoms with Crippen molar-refractivity contribution in [1.29, 1.82) is 0 Å². The molecule has 186 valence electrons. The minimum Gasteiger partial charge on any atom is -0.362 e. The Morgan fingerprint density at radius 3 is 2.14 bits per heavy atom. The molecule has 0 bridgehead atoms. The smallest absolute Gasteiger partial charge is 0.362 e. The first-order chi connectivity index (χ1) is 16.4. The number of ether oxygens (including phenoxy) is 1. The number of hydrogen-bond donors (Lipinski definition) is 1. The van der Waals surface area contributed by atoms with Crippen molar-refractivity contribution in [1.82, 2.24) is 9.88 Å². The van der Waals surface area contributed by atoms with Crippen molar-refractivity contribution in [2.24, 2.45) is 5.92 Å². The zero-order valence-electron chi connectivity index (χ0n) is 19.0. The van der Waals surface area contributed by atoms with Gasteiger partial charge in [-0.25, -0.2) is 4.90 Å². The minimum absolute atomic E-state index is 0.210.